The van der Waals surface area contributed by atoms with Gasteiger partial charge in [0.1, 0.15) is 0 Å². The van der Waals surface area contributed by atoms with Crippen LogP contribution in [-0.2, 0) is 4.79 Å². The smallest absolute Gasteiger partial charge is 0.310 e. The van der Waals surface area contributed by atoms with Gasteiger partial charge in [0.25, 0.3) is 0 Å². The van der Waals surface area contributed by atoms with E-state index in [1.165, 1.54) is 25.7 Å². The van der Waals surface area contributed by atoms with Gasteiger partial charge in [-0.2, -0.15) is 0 Å². The van der Waals surface area contributed by atoms with Crippen molar-refractivity contribution in [3.8, 4) is 0 Å². The maximum atomic E-state index is 11.4. The summed E-state index contributed by atoms with van der Waals surface area (Å²) in [5.74, 6) is -0.707. The molecule has 1 fully saturated rings. The molecule has 3 heteroatoms. The number of carboxylic acid groups (broad SMARTS) is 1. The first-order valence-corrected chi connectivity index (χ1v) is 6.28. The lowest BCUT2D eigenvalue weighted by Gasteiger charge is -2.46. The molecule has 0 saturated carbocycles. The van der Waals surface area contributed by atoms with Gasteiger partial charge in [-0.3, -0.25) is 9.69 Å². The van der Waals surface area contributed by atoms with Crippen LogP contribution in [0.15, 0.2) is 0 Å². The molecule has 1 rings (SSSR count). The van der Waals surface area contributed by atoms with Crippen LogP contribution in [0, 0.1) is 5.41 Å². The third-order valence-electron chi connectivity index (χ3n) is 4.46. The van der Waals surface area contributed by atoms with Crippen molar-refractivity contribution < 1.29 is 9.90 Å². The number of carboxylic acids is 1. The molecule has 3 nitrogen and oxygen atoms in total. The number of likely N-dealkylation sites (tertiary alicyclic amines) is 1. The van der Waals surface area contributed by atoms with Crippen LogP contribution >= 0.6 is 0 Å². The summed E-state index contributed by atoms with van der Waals surface area (Å²) < 4.78 is 0. The fraction of sp³-hybridized carbons (Fsp3) is 0.923. The predicted octanol–water partition coefficient (Wildman–Crippen LogP) is 2.75. The molecule has 0 spiro atoms. The standard InChI is InChI=1S/C13H25NO2/c1-12(2,11(15)16)13(3,4)14-9-7-5-6-8-10-14/h5-10H2,1-4H3,(H,15,16). The Morgan fingerprint density at radius 2 is 1.44 bits per heavy atom. The van der Waals surface area contributed by atoms with Gasteiger partial charge in [0, 0.05) is 5.54 Å². The highest BCUT2D eigenvalue weighted by molar-refractivity contribution is 5.75. The zero-order chi connectivity index (χ0) is 12.4. The summed E-state index contributed by atoms with van der Waals surface area (Å²) in [6, 6.07) is 0. The molecule has 1 N–H and O–H groups in total. The molecule has 0 unspecified atom stereocenters. The quantitative estimate of drug-likeness (QED) is 0.806. The molecule has 0 amide bonds. The first-order valence-electron chi connectivity index (χ1n) is 6.28. The lowest BCUT2D eigenvalue weighted by Crippen LogP contribution is -2.57. The molecule has 16 heavy (non-hydrogen) atoms. The summed E-state index contributed by atoms with van der Waals surface area (Å²) >= 11 is 0. The van der Waals surface area contributed by atoms with Crippen molar-refractivity contribution in [2.45, 2.75) is 58.9 Å². The third-order valence-corrected chi connectivity index (χ3v) is 4.46. The highest BCUT2D eigenvalue weighted by Gasteiger charge is 2.46. The topological polar surface area (TPSA) is 40.5 Å². The molecule has 1 aliphatic rings. The van der Waals surface area contributed by atoms with Gasteiger partial charge in [-0.15, -0.1) is 0 Å². The second kappa shape index (κ2) is 4.74. The number of carbonyl (C=O) groups is 1. The normalized spacial score (nSPS) is 20.5. The Labute approximate surface area is 98.8 Å². The lowest BCUT2D eigenvalue weighted by atomic mass is 9.73. The summed E-state index contributed by atoms with van der Waals surface area (Å²) in [4.78, 5) is 13.7. The van der Waals surface area contributed by atoms with Gasteiger partial charge >= 0.3 is 5.97 Å². The first-order chi connectivity index (χ1) is 7.30. The van der Waals surface area contributed by atoms with E-state index >= 15 is 0 Å². The van der Waals surface area contributed by atoms with Crippen molar-refractivity contribution in [3.05, 3.63) is 0 Å². The van der Waals surface area contributed by atoms with Gasteiger partial charge in [-0.05, 0) is 53.6 Å². The SMILES string of the molecule is CC(C)(C(=O)O)C(C)(C)N1CCCCCC1. The van der Waals surface area contributed by atoms with Gasteiger partial charge in [0.2, 0.25) is 0 Å². The monoisotopic (exact) mass is 227 g/mol. The van der Waals surface area contributed by atoms with Gasteiger partial charge in [-0.1, -0.05) is 12.8 Å². The van der Waals surface area contributed by atoms with Gasteiger partial charge in [0.15, 0.2) is 0 Å². The molecule has 0 aliphatic carbocycles. The molecule has 0 radical (unpaired) electrons. The molecule has 1 heterocycles. The Morgan fingerprint density at radius 1 is 1.00 bits per heavy atom. The minimum atomic E-state index is -0.711. The largest absolute Gasteiger partial charge is 0.481 e. The fourth-order valence-corrected chi connectivity index (χ4v) is 2.29. The van der Waals surface area contributed by atoms with Crippen molar-refractivity contribution in [1.29, 1.82) is 0 Å². The summed E-state index contributed by atoms with van der Waals surface area (Å²) in [6.07, 6.45) is 4.94. The minimum absolute atomic E-state index is 0.289. The van der Waals surface area contributed by atoms with E-state index < -0.39 is 11.4 Å². The Morgan fingerprint density at radius 3 is 1.81 bits per heavy atom. The fourth-order valence-electron chi connectivity index (χ4n) is 2.29. The van der Waals surface area contributed by atoms with Crippen molar-refractivity contribution in [2.24, 2.45) is 5.41 Å². The Kier molecular flexibility index (Phi) is 4.00. The van der Waals surface area contributed by atoms with E-state index in [0.29, 0.717) is 0 Å². The summed E-state index contributed by atoms with van der Waals surface area (Å²) in [6.45, 7) is 9.85. The molecular formula is C13H25NO2. The molecule has 0 aromatic carbocycles. The molecule has 0 aromatic rings. The highest BCUT2D eigenvalue weighted by atomic mass is 16.4. The second-order valence-electron chi connectivity index (χ2n) is 5.89. The third kappa shape index (κ3) is 2.40. The lowest BCUT2D eigenvalue weighted by molar-refractivity contribution is -0.155. The molecule has 0 bridgehead atoms. The van der Waals surface area contributed by atoms with Crippen LogP contribution in [-0.4, -0.2) is 34.6 Å². The van der Waals surface area contributed by atoms with Crippen molar-refractivity contribution in [2.75, 3.05) is 13.1 Å². The molecule has 0 atom stereocenters. The van der Waals surface area contributed by atoms with Crippen LogP contribution in [0.1, 0.15) is 53.4 Å². The maximum absolute atomic E-state index is 11.4. The van der Waals surface area contributed by atoms with Crippen molar-refractivity contribution >= 4 is 5.97 Å². The summed E-state index contributed by atoms with van der Waals surface area (Å²) in [7, 11) is 0. The summed E-state index contributed by atoms with van der Waals surface area (Å²) in [5.41, 5.74) is -0.999. The Hall–Kier alpha value is -0.570. The van der Waals surface area contributed by atoms with Crippen molar-refractivity contribution in [3.63, 3.8) is 0 Å². The Balaban J connectivity index is 2.85. The average Bonchev–Trinajstić information content (AvgIpc) is 2.45. The van der Waals surface area contributed by atoms with Crippen LogP contribution in [0.4, 0.5) is 0 Å². The van der Waals surface area contributed by atoms with Crippen LogP contribution in [0.2, 0.25) is 0 Å². The van der Waals surface area contributed by atoms with Crippen LogP contribution < -0.4 is 0 Å². The molecule has 94 valence electrons. The highest BCUT2D eigenvalue weighted by Crippen LogP contribution is 2.37. The molecule has 1 aliphatic heterocycles. The van der Waals surface area contributed by atoms with E-state index in [1.54, 1.807) is 0 Å². The maximum Gasteiger partial charge on any atom is 0.310 e. The summed E-state index contributed by atoms with van der Waals surface area (Å²) in [5, 5.41) is 9.35. The zero-order valence-electron chi connectivity index (χ0n) is 11.0. The zero-order valence-corrected chi connectivity index (χ0v) is 11.0. The van der Waals surface area contributed by atoms with E-state index in [-0.39, 0.29) is 5.54 Å². The van der Waals surface area contributed by atoms with E-state index in [9.17, 15) is 9.90 Å². The first kappa shape index (κ1) is 13.5. The minimum Gasteiger partial charge on any atom is -0.481 e. The predicted molar refractivity (Wildman–Crippen MR) is 65.5 cm³/mol. The van der Waals surface area contributed by atoms with Crippen LogP contribution in [0.3, 0.4) is 0 Å². The average molecular weight is 227 g/mol. The van der Waals surface area contributed by atoms with Crippen molar-refractivity contribution in [1.82, 2.24) is 4.90 Å². The van der Waals surface area contributed by atoms with E-state index in [1.807, 2.05) is 13.8 Å². The molecular weight excluding hydrogens is 202 g/mol. The van der Waals surface area contributed by atoms with Gasteiger partial charge < -0.3 is 5.11 Å². The molecule has 1 saturated heterocycles. The van der Waals surface area contributed by atoms with E-state index in [2.05, 4.69) is 18.7 Å². The number of hydrogen-bond acceptors (Lipinski definition) is 2. The van der Waals surface area contributed by atoms with E-state index in [4.69, 9.17) is 0 Å². The number of nitrogens with zero attached hydrogens (tertiary/aromatic N) is 1. The van der Waals surface area contributed by atoms with Crippen LogP contribution in [0.25, 0.3) is 0 Å². The van der Waals surface area contributed by atoms with Gasteiger partial charge in [-0.25, -0.2) is 0 Å². The number of aliphatic carboxylic acids is 1. The number of hydrogen-bond donors (Lipinski definition) is 1. The molecule has 0 aromatic heterocycles. The second-order valence-corrected chi connectivity index (χ2v) is 5.89. The van der Waals surface area contributed by atoms with Crippen LogP contribution in [0.5, 0.6) is 0 Å². The Bertz CT molecular complexity index is 251. The van der Waals surface area contributed by atoms with Gasteiger partial charge in [0.05, 0.1) is 5.41 Å². The van der Waals surface area contributed by atoms with E-state index in [0.717, 1.165) is 13.1 Å². The number of rotatable bonds is 3.